The average Bonchev–Trinajstić information content (AvgIpc) is 3.10. The van der Waals surface area contributed by atoms with Gasteiger partial charge in [0.05, 0.1) is 11.0 Å². The number of rotatable bonds is 3. The average molecular weight is 327 g/mol. The normalized spacial score (nSPS) is 17.1. The molecule has 0 spiro atoms. The largest absolute Gasteiger partial charge is 0.375 e. The number of aromatic nitrogens is 3. The van der Waals surface area contributed by atoms with E-state index < -0.39 is 0 Å². The number of benzene rings is 1. The van der Waals surface area contributed by atoms with Crippen LogP contribution in [0.4, 0.5) is 5.13 Å². The van der Waals surface area contributed by atoms with Crippen LogP contribution in [-0.4, -0.2) is 32.5 Å². The highest BCUT2D eigenvalue weighted by atomic mass is 32.1. The van der Waals surface area contributed by atoms with Crippen LogP contribution in [0.5, 0.6) is 0 Å². The monoisotopic (exact) mass is 327 g/mol. The molecule has 0 unspecified atom stereocenters. The molecule has 2 aromatic heterocycles. The molecule has 0 atom stereocenters. The quantitative estimate of drug-likeness (QED) is 0.802. The first-order valence-electron chi connectivity index (χ1n) is 8.07. The number of anilines is 1. The summed E-state index contributed by atoms with van der Waals surface area (Å²) in [6.07, 6.45) is 4.23. The highest BCUT2D eigenvalue weighted by molar-refractivity contribution is 7.15. The second-order valence-corrected chi connectivity index (χ2v) is 7.34. The third-order valence-corrected chi connectivity index (χ3v) is 5.46. The molecule has 3 heterocycles. The number of aryl methyl sites for hydroxylation is 1. The van der Waals surface area contributed by atoms with Crippen molar-refractivity contribution in [2.75, 3.05) is 18.8 Å². The molecule has 2 N–H and O–H groups in total. The number of fused-ring (bicyclic) bond motifs is 1. The summed E-state index contributed by atoms with van der Waals surface area (Å²) in [5.74, 6) is 1.12. The van der Waals surface area contributed by atoms with Crippen molar-refractivity contribution >= 4 is 27.5 Å². The zero-order chi connectivity index (χ0) is 15.8. The van der Waals surface area contributed by atoms with Gasteiger partial charge in [-0.05, 0) is 31.9 Å². The molecule has 0 aliphatic carbocycles. The lowest BCUT2D eigenvalue weighted by molar-refractivity contribution is 0.181. The Bertz CT molecular complexity index is 813. The Balaban J connectivity index is 1.47. The molecule has 120 valence electrons. The van der Waals surface area contributed by atoms with Crippen molar-refractivity contribution in [2.45, 2.75) is 32.4 Å². The van der Waals surface area contributed by atoms with E-state index in [0.29, 0.717) is 11.2 Å². The van der Waals surface area contributed by atoms with Crippen molar-refractivity contribution in [1.29, 1.82) is 0 Å². The number of thiazole rings is 1. The van der Waals surface area contributed by atoms with E-state index in [4.69, 9.17) is 10.7 Å². The maximum absolute atomic E-state index is 5.72. The smallest absolute Gasteiger partial charge is 0.180 e. The van der Waals surface area contributed by atoms with Gasteiger partial charge in [-0.1, -0.05) is 12.1 Å². The van der Waals surface area contributed by atoms with Gasteiger partial charge in [-0.15, -0.1) is 11.3 Å². The Morgan fingerprint density at radius 3 is 2.78 bits per heavy atom. The van der Waals surface area contributed by atoms with Crippen molar-refractivity contribution in [3.63, 3.8) is 0 Å². The van der Waals surface area contributed by atoms with Gasteiger partial charge in [0.1, 0.15) is 5.82 Å². The molecule has 0 saturated carbocycles. The molecule has 5 nitrogen and oxygen atoms in total. The summed E-state index contributed by atoms with van der Waals surface area (Å²) in [6.45, 7) is 5.29. The summed E-state index contributed by atoms with van der Waals surface area (Å²) in [4.78, 5) is 12.6. The lowest BCUT2D eigenvalue weighted by atomic mass is 10.0. The van der Waals surface area contributed by atoms with Gasteiger partial charge >= 0.3 is 0 Å². The highest BCUT2D eigenvalue weighted by Crippen LogP contribution is 2.29. The molecule has 0 radical (unpaired) electrons. The lowest BCUT2D eigenvalue weighted by Crippen LogP contribution is -2.34. The van der Waals surface area contributed by atoms with Crippen LogP contribution in [0.25, 0.3) is 11.0 Å². The van der Waals surface area contributed by atoms with Crippen molar-refractivity contribution in [3.8, 4) is 0 Å². The number of nitrogens with two attached hydrogens (primary N) is 1. The van der Waals surface area contributed by atoms with Crippen molar-refractivity contribution in [3.05, 3.63) is 41.2 Å². The Hall–Kier alpha value is -1.92. The molecule has 4 rings (SSSR count). The van der Waals surface area contributed by atoms with E-state index >= 15 is 0 Å². The van der Waals surface area contributed by atoms with Gasteiger partial charge in [0, 0.05) is 36.8 Å². The van der Waals surface area contributed by atoms with Crippen LogP contribution in [0.3, 0.4) is 0 Å². The molecule has 1 aromatic carbocycles. The first kappa shape index (κ1) is 14.7. The van der Waals surface area contributed by atoms with Gasteiger partial charge in [0.2, 0.25) is 0 Å². The van der Waals surface area contributed by atoms with Crippen LogP contribution in [0.15, 0.2) is 30.5 Å². The minimum atomic E-state index is 0.546. The minimum Gasteiger partial charge on any atom is -0.375 e. The minimum absolute atomic E-state index is 0.546. The standard InChI is InChI=1S/C17H21N5S/c1-12-20-15-4-2-3-5-16(15)22(12)13-6-8-21(9-7-13)11-14-10-19-17(18)23-14/h2-5,10,13H,6-9,11H2,1H3,(H2,18,19). The fraction of sp³-hybridized carbons (Fsp3) is 0.412. The van der Waals surface area contributed by atoms with Gasteiger partial charge in [0.25, 0.3) is 0 Å². The number of hydrogen-bond acceptors (Lipinski definition) is 5. The molecular weight excluding hydrogens is 306 g/mol. The molecule has 1 aliphatic heterocycles. The predicted octanol–water partition coefficient (Wildman–Crippen LogP) is 3.22. The molecule has 1 fully saturated rings. The summed E-state index contributed by atoms with van der Waals surface area (Å²) in [6, 6.07) is 8.99. The fourth-order valence-corrected chi connectivity index (χ4v) is 4.30. The van der Waals surface area contributed by atoms with Crippen LogP contribution < -0.4 is 5.73 Å². The summed E-state index contributed by atoms with van der Waals surface area (Å²) < 4.78 is 2.43. The highest BCUT2D eigenvalue weighted by Gasteiger charge is 2.23. The Kier molecular flexibility index (Phi) is 3.79. The molecule has 23 heavy (non-hydrogen) atoms. The van der Waals surface area contributed by atoms with E-state index in [1.54, 1.807) is 11.3 Å². The fourth-order valence-electron chi connectivity index (χ4n) is 3.58. The Morgan fingerprint density at radius 1 is 1.26 bits per heavy atom. The second-order valence-electron chi connectivity index (χ2n) is 6.19. The maximum Gasteiger partial charge on any atom is 0.180 e. The number of likely N-dealkylation sites (tertiary alicyclic amines) is 1. The number of piperidine rings is 1. The molecular formula is C17H21N5S. The number of para-hydroxylation sites is 2. The van der Waals surface area contributed by atoms with Crippen molar-refractivity contribution in [1.82, 2.24) is 19.4 Å². The Labute approximate surface area is 139 Å². The first-order chi connectivity index (χ1) is 11.2. The SMILES string of the molecule is Cc1nc2ccccc2n1C1CCN(Cc2cnc(N)s2)CC1. The van der Waals surface area contributed by atoms with Crippen molar-refractivity contribution < 1.29 is 0 Å². The molecule has 0 amide bonds. The van der Waals surface area contributed by atoms with Crippen LogP contribution in [0.2, 0.25) is 0 Å². The van der Waals surface area contributed by atoms with Crippen LogP contribution >= 0.6 is 11.3 Å². The molecule has 3 aromatic rings. The topological polar surface area (TPSA) is 60.0 Å². The summed E-state index contributed by atoms with van der Waals surface area (Å²) in [5.41, 5.74) is 8.08. The first-order valence-corrected chi connectivity index (χ1v) is 8.88. The molecule has 0 bridgehead atoms. The second kappa shape index (κ2) is 5.94. The molecule has 6 heteroatoms. The number of hydrogen-bond donors (Lipinski definition) is 1. The van der Waals surface area contributed by atoms with E-state index in [1.165, 1.54) is 10.4 Å². The van der Waals surface area contributed by atoms with Crippen LogP contribution in [0.1, 0.15) is 29.6 Å². The number of nitrogen functional groups attached to an aromatic ring is 1. The summed E-state index contributed by atoms with van der Waals surface area (Å²) in [7, 11) is 0. The predicted molar refractivity (Wildman–Crippen MR) is 94.5 cm³/mol. The van der Waals surface area contributed by atoms with Gasteiger partial charge in [0.15, 0.2) is 5.13 Å². The molecule has 1 aliphatic rings. The third kappa shape index (κ3) is 2.84. The van der Waals surface area contributed by atoms with E-state index in [2.05, 4.69) is 45.6 Å². The van der Waals surface area contributed by atoms with Crippen LogP contribution in [-0.2, 0) is 6.54 Å². The van der Waals surface area contributed by atoms with Gasteiger partial charge in [-0.25, -0.2) is 9.97 Å². The maximum atomic E-state index is 5.72. The van der Waals surface area contributed by atoms with E-state index in [0.717, 1.165) is 43.8 Å². The Morgan fingerprint density at radius 2 is 2.04 bits per heavy atom. The van der Waals surface area contributed by atoms with E-state index in [-0.39, 0.29) is 0 Å². The zero-order valence-corrected chi connectivity index (χ0v) is 14.1. The number of imidazole rings is 1. The van der Waals surface area contributed by atoms with Crippen molar-refractivity contribution in [2.24, 2.45) is 0 Å². The number of nitrogens with zero attached hydrogens (tertiary/aromatic N) is 4. The molecule has 1 saturated heterocycles. The third-order valence-electron chi connectivity index (χ3n) is 4.65. The van der Waals surface area contributed by atoms with Gasteiger partial charge in [-0.2, -0.15) is 0 Å². The van der Waals surface area contributed by atoms with Gasteiger partial charge < -0.3 is 10.3 Å². The summed E-state index contributed by atoms with van der Waals surface area (Å²) in [5, 5.41) is 0.662. The lowest BCUT2D eigenvalue weighted by Gasteiger charge is -2.33. The summed E-state index contributed by atoms with van der Waals surface area (Å²) >= 11 is 1.59. The van der Waals surface area contributed by atoms with E-state index in [9.17, 15) is 0 Å². The van der Waals surface area contributed by atoms with Crippen LogP contribution in [0, 0.1) is 6.92 Å². The zero-order valence-electron chi connectivity index (χ0n) is 13.3. The van der Waals surface area contributed by atoms with Gasteiger partial charge in [-0.3, -0.25) is 4.90 Å². The van der Waals surface area contributed by atoms with E-state index in [1.807, 2.05) is 6.20 Å².